The van der Waals surface area contributed by atoms with Crippen LogP contribution >= 0.6 is 27.3 Å². The van der Waals surface area contributed by atoms with Crippen molar-refractivity contribution in [2.45, 2.75) is 0 Å². The lowest BCUT2D eigenvalue weighted by atomic mass is 10.2. The first-order valence-corrected chi connectivity index (χ1v) is 9.24. The highest BCUT2D eigenvalue weighted by molar-refractivity contribution is 9.10. The maximum Gasteiger partial charge on any atom is 0.262 e. The minimum absolute atomic E-state index is 0.0669. The molecule has 1 amide bonds. The molecule has 0 saturated carbocycles. The molecule has 0 unspecified atom stereocenters. The Kier molecular flexibility index (Phi) is 4.63. The van der Waals surface area contributed by atoms with Crippen molar-refractivity contribution >= 4 is 43.8 Å². The molecule has 130 valence electrons. The van der Waals surface area contributed by atoms with E-state index in [-0.39, 0.29) is 12.5 Å². The van der Waals surface area contributed by atoms with Gasteiger partial charge in [-0.2, -0.15) is 9.61 Å². The van der Waals surface area contributed by atoms with Crippen molar-refractivity contribution in [1.29, 1.82) is 0 Å². The van der Waals surface area contributed by atoms with E-state index in [1.165, 1.54) is 11.3 Å². The Balaban J connectivity index is 1.42. The highest BCUT2D eigenvalue weighted by Gasteiger charge is 2.09. The third-order valence-corrected chi connectivity index (χ3v) is 4.95. The second-order valence-electron chi connectivity index (χ2n) is 5.34. The summed E-state index contributed by atoms with van der Waals surface area (Å²) in [5, 5.41) is 15.8. The van der Waals surface area contributed by atoms with Gasteiger partial charge in [-0.25, -0.2) is 0 Å². The standard InChI is InChI=1S/C17H12BrN5O2S/c18-12-4-6-14(7-5-12)25-9-15(24)20-13-3-1-2-11(8-13)16-22-23-10-19-21-17(23)26-16/h1-8,10H,9H2,(H,20,24). The van der Waals surface area contributed by atoms with Gasteiger partial charge in [-0.3, -0.25) is 4.79 Å². The normalized spacial score (nSPS) is 10.8. The summed E-state index contributed by atoms with van der Waals surface area (Å²) >= 11 is 4.79. The molecule has 9 heteroatoms. The average molecular weight is 430 g/mol. The fourth-order valence-electron chi connectivity index (χ4n) is 2.28. The summed E-state index contributed by atoms with van der Waals surface area (Å²) in [5.74, 6) is 0.403. The van der Waals surface area contributed by atoms with Crippen molar-refractivity contribution < 1.29 is 9.53 Å². The van der Waals surface area contributed by atoms with E-state index in [2.05, 4.69) is 36.5 Å². The molecule has 0 atom stereocenters. The number of carbonyl (C=O) groups is 1. The number of hydrogen-bond acceptors (Lipinski definition) is 6. The summed E-state index contributed by atoms with van der Waals surface area (Å²) in [7, 11) is 0. The molecule has 0 fully saturated rings. The number of rotatable bonds is 5. The van der Waals surface area contributed by atoms with Crippen LogP contribution in [0.2, 0.25) is 0 Å². The first-order valence-electron chi connectivity index (χ1n) is 7.63. The summed E-state index contributed by atoms with van der Waals surface area (Å²) in [6.45, 7) is -0.0669. The van der Waals surface area contributed by atoms with E-state index in [0.29, 0.717) is 11.4 Å². The monoisotopic (exact) mass is 429 g/mol. The van der Waals surface area contributed by atoms with Crippen molar-refractivity contribution in [3.05, 3.63) is 59.3 Å². The van der Waals surface area contributed by atoms with Gasteiger partial charge in [-0.15, -0.1) is 10.2 Å². The minimum atomic E-state index is -0.233. The van der Waals surface area contributed by atoms with Gasteiger partial charge < -0.3 is 10.1 Å². The number of nitrogens with one attached hydrogen (secondary N) is 1. The van der Waals surface area contributed by atoms with Crippen molar-refractivity contribution in [3.8, 4) is 16.3 Å². The van der Waals surface area contributed by atoms with Crippen LogP contribution in [0.15, 0.2) is 59.3 Å². The Morgan fingerprint density at radius 3 is 2.88 bits per heavy atom. The maximum atomic E-state index is 12.1. The number of ether oxygens (including phenoxy) is 1. The van der Waals surface area contributed by atoms with Gasteiger partial charge in [0.25, 0.3) is 5.91 Å². The smallest absolute Gasteiger partial charge is 0.262 e. The highest BCUT2D eigenvalue weighted by Crippen LogP contribution is 2.26. The number of carbonyl (C=O) groups excluding carboxylic acids is 1. The third kappa shape index (κ3) is 3.73. The minimum Gasteiger partial charge on any atom is -0.484 e. The lowest BCUT2D eigenvalue weighted by molar-refractivity contribution is -0.118. The highest BCUT2D eigenvalue weighted by atomic mass is 79.9. The topological polar surface area (TPSA) is 81.4 Å². The number of hydrogen-bond donors (Lipinski definition) is 1. The number of fused-ring (bicyclic) bond motifs is 1. The molecule has 0 aliphatic rings. The number of amides is 1. The first kappa shape index (κ1) is 16.7. The van der Waals surface area contributed by atoms with Crippen molar-refractivity contribution in [3.63, 3.8) is 0 Å². The number of nitrogens with zero attached hydrogens (tertiary/aromatic N) is 4. The molecule has 0 bridgehead atoms. The van der Waals surface area contributed by atoms with Crippen molar-refractivity contribution in [2.75, 3.05) is 11.9 Å². The van der Waals surface area contributed by atoms with Gasteiger partial charge in [0.05, 0.1) is 0 Å². The van der Waals surface area contributed by atoms with Crippen molar-refractivity contribution in [2.24, 2.45) is 0 Å². The second-order valence-corrected chi connectivity index (χ2v) is 7.21. The summed E-state index contributed by atoms with van der Waals surface area (Å²) in [4.78, 5) is 12.8. The molecule has 0 radical (unpaired) electrons. The molecule has 0 aliphatic heterocycles. The van der Waals surface area contributed by atoms with Gasteiger partial charge in [-0.05, 0) is 36.4 Å². The van der Waals surface area contributed by atoms with E-state index < -0.39 is 0 Å². The predicted octanol–water partition coefficient (Wildman–Crippen LogP) is 3.63. The van der Waals surface area contributed by atoms with Gasteiger partial charge in [0.15, 0.2) is 6.61 Å². The molecule has 7 nitrogen and oxygen atoms in total. The Labute approximate surface area is 160 Å². The predicted molar refractivity (Wildman–Crippen MR) is 102 cm³/mol. The van der Waals surface area contributed by atoms with Crippen LogP contribution in [0.4, 0.5) is 5.69 Å². The number of anilines is 1. The molecule has 4 aromatic rings. The molecule has 0 aliphatic carbocycles. The Hall–Kier alpha value is -2.78. The van der Waals surface area contributed by atoms with Gasteiger partial charge in [0, 0.05) is 15.7 Å². The molecule has 2 aromatic carbocycles. The Bertz CT molecular complexity index is 1030. The largest absolute Gasteiger partial charge is 0.484 e. The average Bonchev–Trinajstić information content (AvgIpc) is 3.23. The van der Waals surface area contributed by atoms with Gasteiger partial charge in [-0.1, -0.05) is 39.4 Å². The molecule has 4 rings (SSSR count). The Morgan fingerprint density at radius 1 is 1.23 bits per heavy atom. The number of halogens is 1. The van der Waals surface area contributed by atoms with E-state index in [1.807, 2.05) is 36.4 Å². The van der Waals surface area contributed by atoms with Crippen LogP contribution in [-0.4, -0.2) is 32.3 Å². The van der Waals surface area contributed by atoms with Crippen LogP contribution in [0, 0.1) is 0 Å². The zero-order valence-electron chi connectivity index (χ0n) is 13.3. The van der Waals surface area contributed by atoms with Gasteiger partial charge in [0.2, 0.25) is 4.96 Å². The maximum absolute atomic E-state index is 12.1. The summed E-state index contributed by atoms with van der Waals surface area (Å²) in [5.41, 5.74) is 1.57. The molecular weight excluding hydrogens is 418 g/mol. The first-order chi connectivity index (χ1) is 12.7. The van der Waals surface area contributed by atoms with E-state index in [4.69, 9.17) is 4.74 Å². The SMILES string of the molecule is O=C(COc1ccc(Br)cc1)Nc1cccc(-c2nn3cnnc3s2)c1. The lowest BCUT2D eigenvalue weighted by Crippen LogP contribution is -2.20. The fraction of sp³-hybridized carbons (Fsp3) is 0.0588. The van der Waals surface area contributed by atoms with Crippen molar-refractivity contribution in [1.82, 2.24) is 19.8 Å². The van der Waals surface area contributed by atoms with Gasteiger partial charge in [0.1, 0.15) is 17.1 Å². The molecule has 26 heavy (non-hydrogen) atoms. The third-order valence-electron chi connectivity index (χ3n) is 3.46. The van der Waals surface area contributed by atoms with Crippen LogP contribution in [0.1, 0.15) is 0 Å². The summed E-state index contributed by atoms with van der Waals surface area (Å²) in [6.07, 6.45) is 1.56. The van der Waals surface area contributed by atoms with Crippen LogP contribution in [0.25, 0.3) is 15.5 Å². The van der Waals surface area contributed by atoms with E-state index >= 15 is 0 Å². The van der Waals surface area contributed by atoms with Crippen LogP contribution in [-0.2, 0) is 4.79 Å². The molecule has 0 spiro atoms. The molecule has 0 saturated heterocycles. The summed E-state index contributed by atoms with van der Waals surface area (Å²) in [6, 6.07) is 14.8. The fourth-order valence-corrected chi connectivity index (χ4v) is 3.36. The lowest BCUT2D eigenvalue weighted by Gasteiger charge is -2.08. The van der Waals surface area contributed by atoms with Crippen LogP contribution in [0.3, 0.4) is 0 Å². The molecule has 2 heterocycles. The summed E-state index contributed by atoms with van der Waals surface area (Å²) < 4.78 is 8.06. The number of benzene rings is 2. The quantitative estimate of drug-likeness (QED) is 0.523. The molecular formula is C17H12BrN5O2S. The zero-order chi connectivity index (χ0) is 17.9. The van der Waals surface area contributed by atoms with Crippen LogP contribution < -0.4 is 10.1 Å². The second kappa shape index (κ2) is 7.22. The number of aromatic nitrogens is 4. The Morgan fingerprint density at radius 2 is 2.08 bits per heavy atom. The van der Waals surface area contributed by atoms with Gasteiger partial charge >= 0.3 is 0 Å². The zero-order valence-corrected chi connectivity index (χ0v) is 15.7. The van der Waals surface area contributed by atoms with Crippen LogP contribution in [0.5, 0.6) is 5.75 Å². The molecule has 2 aromatic heterocycles. The van der Waals surface area contributed by atoms with E-state index in [0.717, 1.165) is 20.0 Å². The van der Waals surface area contributed by atoms with E-state index in [9.17, 15) is 4.79 Å². The molecule has 1 N–H and O–H groups in total. The van der Waals surface area contributed by atoms with E-state index in [1.54, 1.807) is 23.0 Å².